The SMILES string of the molecule is CC[C@H](C)[C@H](NC(=O)[C@@H](N)[C@@H](C)O)C(=O)N[C@@H](CO)C(=O)N[C@@H](CO)C(=O)NCC(=O)NCC(=O)N[C@@H](CO)C(=O)N[C@@H](Cc1ccc(O)cc1)C(=O)N[C@H](C(=O)N[C@@H](Cc1ccc(O)cc1)C(=O)N[C@@H](Cc1ccc(O)cc1)C(=O)N1CCC[C@H]1C(=O)N[C@@H](CC(=O)O)C(=O)N[C@@H](CO)C(=O)N[C@H](C(=O)N[C@@H](CCCCN)C(=O)NCC(=O)O)C(C)C)[C@@H](C)O. The molecule has 47 nitrogen and oxygen atoms in total. The lowest BCUT2D eigenvalue weighted by Crippen LogP contribution is -2.62. The van der Waals surface area contributed by atoms with E-state index in [-0.39, 0.29) is 66.3 Å². The number of nitrogens with zero attached hydrogens (tertiary/aromatic N) is 1. The lowest BCUT2D eigenvalue weighted by Gasteiger charge is -2.31. The minimum atomic E-state index is -2.06. The number of hydrogen-bond donors (Lipinski definition) is 28. The molecule has 126 heavy (non-hydrogen) atoms. The van der Waals surface area contributed by atoms with Gasteiger partial charge in [-0.25, -0.2) is 0 Å². The predicted molar refractivity (Wildman–Crippen MR) is 439 cm³/mol. The van der Waals surface area contributed by atoms with Crippen molar-refractivity contribution in [2.45, 2.75) is 203 Å². The third-order valence-corrected chi connectivity index (χ3v) is 19.9. The van der Waals surface area contributed by atoms with Crippen LogP contribution in [0.5, 0.6) is 17.2 Å². The fourth-order valence-corrected chi connectivity index (χ4v) is 12.5. The van der Waals surface area contributed by atoms with Crippen molar-refractivity contribution >= 4 is 106 Å². The molecular formula is C79H116N18O29. The lowest BCUT2D eigenvalue weighted by molar-refractivity contribution is -0.144. The van der Waals surface area contributed by atoms with Gasteiger partial charge in [0.25, 0.3) is 0 Å². The van der Waals surface area contributed by atoms with Gasteiger partial charge in [-0.05, 0) is 117 Å². The number of carboxylic acid groups (broad SMARTS) is 2. The molecule has 3 aromatic carbocycles. The standard InChI is InChI=1S/C79H116N18O29/c1-7-39(4)64(95-75(122)62(81)40(5)102)77(124)93-55(36-100)72(119)91-53(34-98)67(114)83-31-58(107)82-32-59(108)85-54(35-99)71(118)87-50(28-43-15-21-46(105)22-16-43)70(117)96-65(41(6)103)78(125)89-49(27-42-13-19-45(104)20-14-42)68(115)90-52(29-44-17-23-47(106)24-18-44)79(126)97-26-10-12-57(97)74(121)88-51(30-60(109)110)69(116)92-56(37-101)73(120)94-63(38(2)3)76(123)86-48(11-8-9-25-80)66(113)84-33-61(111)112/h13-24,38-41,48-57,62-65,98-106H,7-12,25-37,80-81H2,1-6H3,(H,82,107)(H,83,114)(H,84,113)(H,85,108)(H,86,123)(H,87,118)(H,88,121)(H,89,125)(H,90,115)(H,91,119)(H,92,116)(H,93,124)(H,94,120)(H,95,122)(H,96,117)(H,109,110)(H,111,112)/t39-,40+,41+,48-,49-,50-,51-,52-,53-,54-,55-,56-,57-,62-,63-,64-,65-/m0/s1. The second-order valence-corrected chi connectivity index (χ2v) is 30.2. The number of aliphatic hydroxyl groups excluding tert-OH is 6. The first kappa shape index (κ1) is 106. The molecule has 16 amide bonds. The second kappa shape index (κ2) is 52.7. The zero-order valence-electron chi connectivity index (χ0n) is 70.1. The molecule has 0 radical (unpaired) electrons. The number of rotatable bonds is 53. The van der Waals surface area contributed by atoms with Crippen LogP contribution in [-0.4, -0.2) is 323 Å². The minimum absolute atomic E-state index is 0.00378. The number of carbonyl (C=O) groups excluding carboxylic acids is 16. The van der Waals surface area contributed by atoms with Crippen molar-refractivity contribution in [3.8, 4) is 17.2 Å². The van der Waals surface area contributed by atoms with Crippen molar-refractivity contribution in [1.29, 1.82) is 0 Å². The Labute approximate surface area is 722 Å². The maximum Gasteiger partial charge on any atom is 0.322 e. The van der Waals surface area contributed by atoms with E-state index in [1.165, 1.54) is 93.6 Å². The van der Waals surface area contributed by atoms with E-state index < -0.39 is 287 Å². The Balaban J connectivity index is 1.54. The molecule has 696 valence electrons. The molecule has 0 aliphatic carbocycles. The molecule has 47 heteroatoms. The Bertz CT molecular complexity index is 4240. The number of phenols is 3. The number of carboxylic acids is 2. The van der Waals surface area contributed by atoms with E-state index in [0.29, 0.717) is 19.3 Å². The number of nitrogens with one attached hydrogen (secondary N) is 15. The topological polar surface area (TPSA) is 766 Å². The maximum absolute atomic E-state index is 15.1. The first-order valence-corrected chi connectivity index (χ1v) is 40.3. The van der Waals surface area contributed by atoms with Gasteiger partial charge < -0.3 is 152 Å². The normalized spacial score (nSPS) is 16.2. The van der Waals surface area contributed by atoms with Crippen molar-refractivity contribution in [2.75, 3.05) is 59.2 Å². The first-order chi connectivity index (χ1) is 59.5. The lowest BCUT2D eigenvalue weighted by atomic mass is 9.97. The maximum atomic E-state index is 15.1. The molecule has 1 aliphatic rings. The number of amides is 16. The van der Waals surface area contributed by atoms with Gasteiger partial charge >= 0.3 is 11.9 Å². The summed E-state index contributed by atoms with van der Waals surface area (Å²) in [5.74, 6) is -23.0. The second-order valence-electron chi connectivity index (χ2n) is 30.2. The summed E-state index contributed by atoms with van der Waals surface area (Å²) in [6, 6.07) is -8.46. The van der Waals surface area contributed by atoms with Crippen LogP contribution in [0.15, 0.2) is 72.8 Å². The molecule has 1 saturated heterocycles. The molecule has 1 aliphatic heterocycles. The number of benzene rings is 3. The smallest absolute Gasteiger partial charge is 0.322 e. The minimum Gasteiger partial charge on any atom is -0.508 e. The van der Waals surface area contributed by atoms with E-state index in [1.807, 2.05) is 0 Å². The molecule has 0 aromatic heterocycles. The Morgan fingerprint density at radius 1 is 0.405 bits per heavy atom. The van der Waals surface area contributed by atoms with Crippen LogP contribution in [0.2, 0.25) is 0 Å². The Morgan fingerprint density at radius 2 is 0.786 bits per heavy atom. The monoisotopic (exact) mass is 1780 g/mol. The van der Waals surface area contributed by atoms with Gasteiger partial charge in [0.1, 0.15) is 108 Å². The average Bonchev–Trinajstić information content (AvgIpc) is 1.76. The Morgan fingerprint density at radius 3 is 1.25 bits per heavy atom. The van der Waals surface area contributed by atoms with Crippen LogP contribution in [-0.2, 0) is 106 Å². The molecule has 0 saturated carbocycles. The average molecular weight is 1780 g/mol. The van der Waals surface area contributed by atoms with Crippen LogP contribution < -0.4 is 91.2 Å². The number of likely N-dealkylation sites (tertiary alicyclic amines) is 1. The van der Waals surface area contributed by atoms with Crippen LogP contribution in [0.3, 0.4) is 0 Å². The van der Waals surface area contributed by atoms with Crippen LogP contribution >= 0.6 is 0 Å². The van der Waals surface area contributed by atoms with Crippen LogP contribution in [0.25, 0.3) is 0 Å². The summed E-state index contributed by atoms with van der Waals surface area (Å²) >= 11 is 0. The number of nitrogens with two attached hydrogens (primary N) is 2. The van der Waals surface area contributed by atoms with Gasteiger partial charge in [-0.15, -0.1) is 0 Å². The van der Waals surface area contributed by atoms with E-state index in [9.17, 15) is 128 Å². The quantitative estimate of drug-likeness (QED) is 0.0233. The molecule has 30 N–H and O–H groups in total. The van der Waals surface area contributed by atoms with Crippen LogP contribution in [0.1, 0.15) is 103 Å². The summed E-state index contributed by atoms with van der Waals surface area (Å²) < 4.78 is 0. The fraction of sp³-hybridized carbons (Fsp3) is 0.544. The van der Waals surface area contributed by atoms with E-state index in [1.54, 1.807) is 13.8 Å². The van der Waals surface area contributed by atoms with Crippen molar-refractivity contribution in [2.24, 2.45) is 23.3 Å². The number of carbonyl (C=O) groups is 18. The number of unbranched alkanes of at least 4 members (excludes halogenated alkanes) is 1. The molecule has 1 fully saturated rings. The Hall–Kier alpha value is -12.8. The largest absolute Gasteiger partial charge is 0.508 e. The predicted octanol–water partition coefficient (Wildman–Crippen LogP) is -10.6. The molecular weight excluding hydrogens is 1660 g/mol. The highest BCUT2D eigenvalue weighted by atomic mass is 16.4. The highest BCUT2D eigenvalue weighted by Crippen LogP contribution is 2.23. The van der Waals surface area contributed by atoms with E-state index >= 15 is 9.59 Å². The Kier molecular flexibility index (Phi) is 44.2. The van der Waals surface area contributed by atoms with Gasteiger partial charge in [0.15, 0.2) is 0 Å². The van der Waals surface area contributed by atoms with Crippen molar-refractivity contribution in [1.82, 2.24) is 84.7 Å². The van der Waals surface area contributed by atoms with E-state index in [0.717, 1.165) is 11.8 Å². The number of aromatic hydroxyl groups is 3. The summed E-state index contributed by atoms with van der Waals surface area (Å²) in [5.41, 5.74) is 12.0. The molecule has 0 bridgehead atoms. The molecule has 17 atom stereocenters. The van der Waals surface area contributed by atoms with Gasteiger partial charge in [0, 0.05) is 25.8 Å². The number of aliphatic carboxylic acids is 2. The molecule has 3 aromatic rings. The first-order valence-electron chi connectivity index (χ1n) is 40.3. The highest BCUT2D eigenvalue weighted by Gasteiger charge is 2.43. The third-order valence-electron chi connectivity index (χ3n) is 19.9. The molecule has 4 rings (SSSR count). The zero-order chi connectivity index (χ0) is 94.4. The highest BCUT2D eigenvalue weighted by molar-refractivity contribution is 6.01. The summed E-state index contributed by atoms with van der Waals surface area (Å²) in [4.78, 5) is 245. The van der Waals surface area contributed by atoms with Gasteiger partial charge in [0.05, 0.1) is 58.1 Å². The van der Waals surface area contributed by atoms with Gasteiger partial charge in [0.2, 0.25) is 94.5 Å². The van der Waals surface area contributed by atoms with Crippen molar-refractivity contribution in [3.05, 3.63) is 89.5 Å². The van der Waals surface area contributed by atoms with E-state index in [2.05, 4.69) is 79.8 Å². The molecule has 0 unspecified atom stereocenters. The number of aliphatic hydroxyl groups is 6. The molecule has 0 spiro atoms. The third kappa shape index (κ3) is 34.7. The summed E-state index contributed by atoms with van der Waals surface area (Å²) in [5, 5.41) is 146. The summed E-state index contributed by atoms with van der Waals surface area (Å²) in [6.07, 6.45) is -4.72. The zero-order valence-corrected chi connectivity index (χ0v) is 70.1. The fourth-order valence-electron chi connectivity index (χ4n) is 12.5. The van der Waals surface area contributed by atoms with Crippen molar-refractivity contribution < 1.29 is 142 Å². The van der Waals surface area contributed by atoms with Crippen molar-refractivity contribution in [3.63, 3.8) is 0 Å². The summed E-state index contributed by atoms with van der Waals surface area (Å²) in [6.45, 7) is 1.38. The van der Waals surface area contributed by atoms with Crippen LogP contribution in [0.4, 0.5) is 0 Å². The van der Waals surface area contributed by atoms with Gasteiger partial charge in [-0.3, -0.25) is 86.3 Å². The van der Waals surface area contributed by atoms with Crippen LogP contribution in [0, 0.1) is 11.8 Å². The van der Waals surface area contributed by atoms with Gasteiger partial charge in [-0.1, -0.05) is 70.5 Å². The van der Waals surface area contributed by atoms with Gasteiger partial charge in [-0.2, -0.15) is 0 Å². The number of hydrogen-bond acceptors (Lipinski definition) is 29. The summed E-state index contributed by atoms with van der Waals surface area (Å²) in [7, 11) is 0. The van der Waals surface area contributed by atoms with E-state index in [4.69, 9.17) is 16.6 Å². The molecule has 1 heterocycles. The number of phenolic OH excluding ortho intramolecular Hbond substituents is 3.